The molecular formula is C26H37N7O8. The molecule has 15 nitrogen and oxygen atoms in total. The van der Waals surface area contributed by atoms with Gasteiger partial charge in [-0.1, -0.05) is 18.2 Å². The van der Waals surface area contributed by atoms with Crippen LogP contribution in [0.25, 0.3) is 10.9 Å². The van der Waals surface area contributed by atoms with Crippen LogP contribution in [0.4, 0.5) is 0 Å². The molecule has 0 bridgehead atoms. The van der Waals surface area contributed by atoms with Gasteiger partial charge in [0.15, 0.2) is 0 Å². The second-order valence-electron chi connectivity index (χ2n) is 9.58. The highest BCUT2D eigenvalue weighted by atomic mass is 16.4. The molecular weight excluding hydrogens is 538 g/mol. The number of carboxylic acids is 2. The lowest BCUT2D eigenvalue weighted by molar-refractivity contribution is -0.142. The highest BCUT2D eigenvalue weighted by Gasteiger charge is 2.31. The molecule has 4 amide bonds. The Bertz CT molecular complexity index is 1250. The van der Waals surface area contributed by atoms with E-state index in [0.29, 0.717) is 24.9 Å². The van der Waals surface area contributed by atoms with E-state index >= 15 is 0 Å². The Labute approximate surface area is 235 Å². The number of nitrogens with two attached hydrogens (primary N) is 3. The Morgan fingerprint density at radius 2 is 1.46 bits per heavy atom. The summed E-state index contributed by atoms with van der Waals surface area (Å²) in [6, 6.07) is 1.94. The summed E-state index contributed by atoms with van der Waals surface area (Å²) in [6.45, 7) is 0.315. The van der Waals surface area contributed by atoms with Crippen LogP contribution in [0, 0.1) is 0 Å². The lowest BCUT2D eigenvalue weighted by atomic mass is 10.0. The number of carboxylic acid groups (broad SMARTS) is 2. The molecule has 0 aliphatic carbocycles. The number of unbranched alkanes of at least 4 members (excludes halogenated alkanes) is 1. The number of hydrogen-bond acceptors (Lipinski definition) is 8. The molecule has 224 valence electrons. The summed E-state index contributed by atoms with van der Waals surface area (Å²) in [6.07, 6.45) is 1.29. The third kappa shape index (κ3) is 10.5. The van der Waals surface area contributed by atoms with Gasteiger partial charge in [0.25, 0.3) is 0 Å². The number of aromatic nitrogens is 1. The van der Waals surface area contributed by atoms with E-state index in [1.165, 1.54) is 0 Å². The van der Waals surface area contributed by atoms with Crippen LogP contribution in [0.3, 0.4) is 0 Å². The molecule has 15 heteroatoms. The van der Waals surface area contributed by atoms with Gasteiger partial charge in [0.2, 0.25) is 23.6 Å². The van der Waals surface area contributed by atoms with Crippen molar-refractivity contribution in [2.45, 2.75) is 69.1 Å². The third-order valence-corrected chi connectivity index (χ3v) is 6.33. The summed E-state index contributed by atoms with van der Waals surface area (Å²) in [7, 11) is 0. The summed E-state index contributed by atoms with van der Waals surface area (Å²) in [5, 5.41) is 26.9. The predicted molar refractivity (Wildman–Crippen MR) is 147 cm³/mol. The van der Waals surface area contributed by atoms with Crippen molar-refractivity contribution in [3.63, 3.8) is 0 Å². The number of benzene rings is 1. The fourth-order valence-corrected chi connectivity index (χ4v) is 4.15. The molecule has 4 unspecified atom stereocenters. The Hall–Kier alpha value is -4.50. The van der Waals surface area contributed by atoms with Crippen molar-refractivity contribution in [1.82, 2.24) is 20.9 Å². The minimum Gasteiger partial charge on any atom is -0.481 e. The van der Waals surface area contributed by atoms with Gasteiger partial charge in [-0.15, -0.1) is 0 Å². The first-order valence-electron chi connectivity index (χ1n) is 13.1. The van der Waals surface area contributed by atoms with Gasteiger partial charge in [-0.25, -0.2) is 4.79 Å². The monoisotopic (exact) mass is 575 g/mol. The summed E-state index contributed by atoms with van der Waals surface area (Å²) in [5.41, 5.74) is 17.7. The maximum absolute atomic E-state index is 13.2. The number of H-pyrrole nitrogens is 1. The smallest absolute Gasteiger partial charge is 0.326 e. The molecule has 2 aromatic rings. The zero-order valence-corrected chi connectivity index (χ0v) is 22.4. The van der Waals surface area contributed by atoms with Crippen LogP contribution in [0.5, 0.6) is 0 Å². The van der Waals surface area contributed by atoms with Gasteiger partial charge in [0.05, 0.1) is 12.5 Å². The SMILES string of the molecule is NCCCCC(NC(=O)C(CCC(=O)O)NC(=O)C(N)CC(N)=O)C(=O)NC(Cc1c[nH]c2ccccc12)C(=O)O. The molecule has 0 saturated heterocycles. The van der Waals surface area contributed by atoms with Crippen LogP contribution in [-0.4, -0.2) is 81.5 Å². The number of rotatable bonds is 18. The maximum Gasteiger partial charge on any atom is 0.326 e. The molecule has 41 heavy (non-hydrogen) atoms. The van der Waals surface area contributed by atoms with Gasteiger partial charge in [-0.3, -0.25) is 24.0 Å². The van der Waals surface area contributed by atoms with Crippen LogP contribution in [0.15, 0.2) is 30.5 Å². The Morgan fingerprint density at radius 3 is 2.07 bits per heavy atom. The molecule has 0 spiro atoms. The number of para-hydroxylation sites is 1. The number of carbonyl (C=O) groups excluding carboxylic acids is 4. The largest absolute Gasteiger partial charge is 0.481 e. The maximum atomic E-state index is 13.2. The van der Waals surface area contributed by atoms with Gasteiger partial charge in [-0.2, -0.15) is 0 Å². The number of aliphatic carboxylic acids is 2. The van der Waals surface area contributed by atoms with Crippen LogP contribution in [0.1, 0.15) is 44.1 Å². The second-order valence-corrected chi connectivity index (χ2v) is 9.58. The standard InChI is InChI=1S/C26H37N7O8/c27-10-4-3-7-18(32-25(39)19(8-9-22(35)36)31-23(37)16(28)12-21(29)34)24(38)33-20(26(40)41)11-14-13-30-17-6-2-1-5-15(14)17/h1-2,5-6,13,16,18-20,30H,3-4,7-12,27-28H2,(H2,29,34)(H,31,37)(H,32,39)(H,33,38)(H,35,36)(H,40,41). The van der Waals surface area contributed by atoms with Crippen molar-refractivity contribution in [1.29, 1.82) is 0 Å². The van der Waals surface area contributed by atoms with Crippen molar-refractivity contribution in [3.8, 4) is 0 Å². The van der Waals surface area contributed by atoms with Crippen LogP contribution < -0.4 is 33.2 Å². The van der Waals surface area contributed by atoms with E-state index in [1.807, 2.05) is 18.2 Å². The van der Waals surface area contributed by atoms with Crippen molar-refractivity contribution in [3.05, 3.63) is 36.0 Å². The van der Waals surface area contributed by atoms with Crippen molar-refractivity contribution in [2.24, 2.45) is 17.2 Å². The molecule has 0 aliphatic heterocycles. The average Bonchev–Trinajstić information content (AvgIpc) is 3.32. The van der Waals surface area contributed by atoms with E-state index in [1.54, 1.807) is 12.3 Å². The minimum absolute atomic E-state index is 0.0381. The number of hydrogen-bond donors (Lipinski definition) is 9. The zero-order valence-electron chi connectivity index (χ0n) is 22.4. The molecule has 0 aliphatic rings. The number of fused-ring (bicyclic) bond motifs is 1. The van der Waals surface area contributed by atoms with E-state index in [4.69, 9.17) is 22.3 Å². The Morgan fingerprint density at radius 1 is 0.854 bits per heavy atom. The number of amides is 4. The molecule has 4 atom stereocenters. The molecule has 0 saturated carbocycles. The minimum atomic E-state index is -1.41. The van der Waals surface area contributed by atoms with E-state index < -0.39 is 72.6 Å². The number of carbonyl (C=O) groups is 6. The first-order chi connectivity index (χ1) is 19.4. The topological polar surface area (TPSA) is 273 Å². The van der Waals surface area contributed by atoms with Gasteiger partial charge in [0, 0.05) is 29.9 Å². The summed E-state index contributed by atoms with van der Waals surface area (Å²) < 4.78 is 0. The lowest BCUT2D eigenvalue weighted by Gasteiger charge is -2.25. The third-order valence-electron chi connectivity index (χ3n) is 6.33. The normalized spacial score (nSPS) is 13.9. The number of aromatic amines is 1. The Kier molecular flexibility index (Phi) is 12.7. The van der Waals surface area contributed by atoms with Crippen molar-refractivity contribution >= 4 is 46.5 Å². The van der Waals surface area contributed by atoms with Gasteiger partial charge in [-0.05, 0) is 43.9 Å². The second kappa shape index (κ2) is 15.9. The van der Waals surface area contributed by atoms with Crippen LogP contribution in [-0.2, 0) is 35.2 Å². The molecule has 0 radical (unpaired) electrons. The number of primary amides is 1. The van der Waals surface area contributed by atoms with E-state index in [2.05, 4.69) is 20.9 Å². The average molecular weight is 576 g/mol. The fourth-order valence-electron chi connectivity index (χ4n) is 4.15. The summed E-state index contributed by atoms with van der Waals surface area (Å²) in [5.74, 6) is -5.96. The highest BCUT2D eigenvalue weighted by Crippen LogP contribution is 2.19. The van der Waals surface area contributed by atoms with Crippen molar-refractivity contribution < 1.29 is 39.0 Å². The van der Waals surface area contributed by atoms with Gasteiger partial charge in [0.1, 0.15) is 18.1 Å². The molecule has 1 aromatic heterocycles. The van der Waals surface area contributed by atoms with Gasteiger partial charge < -0.3 is 48.3 Å². The number of nitrogens with one attached hydrogen (secondary N) is 4. The van der Waals surface area contributed by atoms with Crippen molar-refractivity contribution in [2.75, 3.05) is 6.54 Å². The van der Waals surface area contributed by atoms with Crippen LogP contribution >= 0.6 is 0 Å². The van der Waals surface area contributed by atoms with E-state index in [-0.39, 0.29) is 19.3 Å². The first-order valence-corrected chi connectivity index (χ1v) is 13.1. The first kappa shape index (κ1) is 32.7. The Balaban J connectivity index is 2.20. The molecule has 1 heterocycles. The molecule has 0 fully saturated rings. The van der Waals surface area contributed by atoms with E-state index in [9.17, 15) is 33.9 Å². The lowest BCUT2D eigenvalue weighted by Crippen LogP contribution is -2.57. The fraction of sp³-hybridized carbons (Fsp3) is 0.462. The summed E-state index contributed by atoms with van der Waals surface area (Å²) in [4.78, 5) is 76.1. The predicted octanol–water partition coefficient (Wildman–Crippen LogP) is -1.55. The molecule has 1 aromatic carbocycles. The van der Waals surface area contributed by atoms with E-state index in [0.717, 1.165) is 10.9 Å². The highest BCUT2D eigenvalue weighted by molar-refractivity contribution is 5.95. The molecule has 12 N–H and O–H groups in total. The summed E-state index contributed by atoms with van der Waals surface area (Å²) >= 11 is 0. The quantitative estimate of drug-likeness (QED) is 0.0922. The van der Waals surface area contributed by atoms with Gasteiger partial charge >= 0.3 is 11.9 Å². The van der Waals surface area contributed by atoms with Crippen LogP contribution in [0.2, 0.25) is 0 Å². The zero-order chi connectivity index (χ0) is 30.5. The molecule has 2 rings (SSSR count).